The number of hydrogen-bond donors (Lipinski definition) is 1. The van der Waals surface area contributed by atoms with Crippen LogP contribution in [0.3, 0.4) is 0 Å². The lowest BCUT2D eigenvalue weighted by Crippen LogP contribution is -2.23. The van der Waals surface area contributed by atoms with Gasteiger partial charge in [-0.1, -0.05) is 30.0 Å². The first-order chi connectivity index (χ1) is 15.7. The molecule has 1 N–H and O–H groups in total. The molecule has 1 aromatic heterocycles. The molecule has 1 saturated carbocycles. The molecule has 0 radical (unpaired) electrons. The Hall–Kier alpha value is -2.76. The second kappa shape index (κ2) is 9.24. The number of halogens is 1. The average Bonchev–Trinajstić information content (AvgIpc) is 3.53. The van der Waals surface area contributed by atoms with Gasteiger partial charge in [0.15, 0.2) is 11.0 Å². The van der Waals surface area contributed by atoms with E-state index in [2.05, 4.69) is 15.5 Å². The van der Waals surface area contributed by atoms with Crippen molar-refractivity contribution in [1.82, 2.24) is 19.1 Å². The third-order valence-electron chi connectivity index (χ3n) is 5.25. The summed E-state index contributed by atoms with van der Waals surface area (Å²) in [5, 5.41) is 11.7. The van der Waals surface area contributed by atoms with Gasteiger partial charge >= 0.3 is 0 Å². The second-order valence-electron chi connectivity index (χ2n) is 7.99. The van der Waals surface area contributed by atoms with Crippen molar-refractivity contribution in [1.29, 1.82) is 0 Å². The minimum Gasteiger partial charge on any atom is -0.325 e. The monoisotopic (exact) mass is 489 g/mol. The fourth-order valence-electron chi connectivity index (χ4n) is 3.34. The minimum absolute atomic E-state index is 0.0474. The van der Waals surface area contributed by atoms with E-state index in [0.717, 1.165) is 17.1 Å². The van der Waals surface area contributed by atoms with Gasteiger partial charge in [0.25, 0.3) is 0 Å². The highest BCUT2D eigenvalue weighted by Crippen LogP contribution is 2.41. The van der Waals surface area contributed by atoms with Crippen LogP contribution in [-0.2, 0) is 14.8 Å². The zero-order valence-corrected chi connectivity index (χ0v) is 20.1. The van der Waals surface area contributed by atoms with Crippen LogP contribution >= 0.6 is 11.8 Å². The van der Waals surface area contributed by atoms with E-state index >= 15 is 0 Å². The van der Waals surface area contributed by atoms with Crippen LogP contribution < -0.4 is 5.32 Å². The SMILES string of the molecule is Cc1ccc(NC(=O)CSc2nnc(-c3ccccc3F)n2C2CC2)cc1S(=O)(=O)N(C)C. The number of aryl methyl sites for hydroxylation is 1. The number of nitrogens with one attached hydrogen (secondary N) is 1. The van der Waals surface area contributed by atoms with Gasteiger partial charge in [0, 0.05) is 25.8 Å². The van der Waals surface area contributed by atoms with Gasteiger partial charge < -0.3 is 5.32 Å². The van der Waals surface area contributed by atoms with Crippen molar-refractivity contribution in [3.8, 4) is 11.4 Å². The first kappa shape index (κ1) is 23.4. The molecule has 0 saturated heterocycles. The van der Waals surface area contributed by atoms with Crippen LogP contribution in [0.4, 0.5) is 10.1 Å². The van der Waals surface area contributed by atoms with Gasteiger partial charge in [-0.15, -0.1) is 10.2 Å². The molecule has 2 aromatic carbocycles. The molecule has 11 heteroatoms. The van der Waals surface area contributed by atoms with E-state index in [4.69, 9.17) is 0 Å². The molecule has 0 spiro atoms. The predicted octanol–water partition coefficient (Wildman–Crippen LogP) is 3.71. The fraction of sp³-hybridized carbons (Fsp3) is 0.318. The Balaban J connectivity index is 1.49. The van der Waals surface area contributed by atoms with Crippen LogP contribution in [0, 0.1) is 12.7 Å². The molecule has 4 rings (SSSR count). The minimum atomic E-state index is -3.63. The van der Waals surface area contributed by atoms with E-state index in [1.165, 1.54) is 38.0 Å². The number of rotatable bonds is 8. The molecule has 1 heterocycles. The Kier molecular flexibility index (Phi) is 6.55. The Morgan fingerprint density at radius 2 is 1.94 bits per heavy atom. The molecule has 1 aliphatic carbocycles. The number of benzene rings is 2. The third-order valence-corrected chi connectivity index (χ3v) is 8.15. The molecule has 8 nitrogen and oxygen atoms in total. The average molecular weight is 490 g/mol. The summed E-state index contributed by atoms with van der Waals surface area (Å²) in [6.45, 7) is 1.70. The van der Waals surface area contributed by atoms with Gasteiger partial charge in [0.05, 0.1) is 16.2 Å². The van der Waals surface area contributed by atoms with Crippen molar-refractivity contribution in [2.75, 3.05) is 25.2 Å². The molecule has 174 valence electrons. The lowest BCUT2D eigenvalue weighted by molar-refractivity contribution is -0.113. The number of thioether (sulfide) groups is 1. The standard InChI is InChI=1S/C22H24FN5O3S2/c1-14-8-9-15(12-19(14)33(30,31)27(2)3)24-20(29)13-32-22-26-25-21(28(22)16-10-11-16)17-6-4-5-7-18(17)23/h4-9,12,16H,10-11,13H2,1-3H3,(H,24,29). The summed E-state index contributed by atoms with van der Waals surface area (Å²) in [4.78, 5) is 12.7. The molecular weight excluding hydrogens is 465 g/mol. The Morgan fingerprint density at radius 1 is 1.21 bits per heavy atom. The maximum absolute atomic E-state index is 14.3. The van der Waals surface area contributed by atoms with Gasteiger partial charge in [-0.25, -0.2) is 17.1 Å². The highest BCUT2D eigenvalue weighted by atomic mass is 32.2. The number of carbonyl (C=O) groups is 1. The molecule has 3 aromatic rings. The van der Waals surface area contributed by atoms with E-state index in [1.807, 2.05) is 4.57 Å². The van der Waals surface area contributed by atoms with Crippen LogP contribution in [0.1, 0.15) is 24.4 Å². The Morgan fingerprint density at radius 3 is 2.61 bits per heavy atom. The lowest BCUT2D eigenvalue weighted by atomic mass is 10.2. The molecular formula is C22H24FN5O3S2. The number of nitrogens with zero attached hydrogens (tertiary/aromatic N) is 4. The normalized spacial score (nSPS) is 14.0. The van der Waals surface area contributed by atoms with Crippen LogP contribution in [0.5, 0.6) is 0 Å². The molecule has 0 bridgehead atoms. The second-order valence-corrected chi connectivity index (χ2v) is 11.1. The number of hydrogen-bond acceptors (Lipinski definition) is 6. The van der Waals surface area contributed by atoms with Gasteiger partial charge in [-0.3, -0.25) is 9.36 Å². The van der Waals surface area contributed by atoms with Crippen molar-refractivity contribution >= 4 is 33.4 Å². The van der Waals surface area contributed by atoms with Gasteiger partial charge in [-0.05, 0) is 49.6 Å². The van der Waals surface area contributed by atoms with Crippen molar-refractivity contribution in [2.24, 2.45) is 0 Å². The zero-order valence-electron chi connectivity index (χ0n) is 18.4. The first-order valence-corrected chi connectivity index (χ1v) is 12.8. The zero-order chi connectivity index (χ0) is 23.8. The largest absolute Gasteiger partial charge is 0.325 e. The number of amides is 1. The summed E-state index contributed by atoms with van der Waals surface area (Å²) in [6.07, 6.45) is 1.90. The molecule has 0 unspecified atom stereocenters. The Bertz CT molecular complexity index is 1300. The topological polar surface area (TPSA) is 97.2 Å². The molecule has 0 atom stereocenters. The summed E-state index contributed by atoms with van der Waals surface area (Å²) < 4.78 is 42.4. The summed E-state index contributed by atoms with van der Waals surface area (Å²) >= 11 is 1.21. The van der Waals surface area contributed by atoms with Crippen molar-refractivity contribution in [3.05, 3.63) is 53.8 Å². The van der Waals surface area contributed by atoms with Crippen LogP contribution in [-0.4, -0.2) is 53.2 Å². The molecule has 1 aliphatic rings. The number of sulfonamides is 1. The van der Waals surface area contributed by atoms with Crippen LogP contribution in [0.2, 0.25) is 0 Å². The number of aromatic nitrogens is 3. The summed E-state index contributed by atoms with van der Waals surface area (Å²) in [5.41, 5.74) is 1.36. The lowest BCUT2D eigenvalue weighted by Gasteiger charge is -2.15. The van der Waals surface area contributed by atoms with E-state index in [9.17, 15) is 17.6 Å². The third kappa shape index (κ3) is 4.94. The number of anilines is 1. The van der Waals surface area contributed by atoms with Gasteiger partial charge in [0.2, 0.25) is 15.9 Å². The van der Waals surface area contributed by atoms with E-state index < -0.39 is 10.0 Å². The van der Waals surface area contributed by atoms with Gasteiger partial charge in [0.1, 0.15) is 5.82 Å². The van der Waals surface area contributed by atoms with E-state index in [1.54, 1.807) is 37.3 Å². The maximum atomic E-state index is 14.3. The fourth-order valence-corrected chi connectivity index (χ4v) is 5.29. The Labute approximate surface area is 196 Å². The van der Waals surface area contributed by atoms with Crippen LogP contribution in [0.15, 0.2) is 52.5 Å². The van der Waals surface area contributed by atoms with Gasteiger partial charge in [-0.2, -0.15) is 0 Å². The summed E-state index contributed by atoms with van der Waals surface area (Å²) in [7, 11) is -0.711. The van der Waals surface area contributed by atoms with E-state index in [0.29, 0.717) is 27.8 Å². The maximum Gasteiger partial charge on any atom is 0.242 e. The molecule has 0 aliphatic heterocycles. The summed E-state index contributed by atoms with van der Waals surface area (Å²) in [5.74, 6) is -0.180. The molecule has 1 fully saturated rings. The highest BCUT2D eigenvalue weighted by molar-refractivity contribution is 7.99. The van der Waals surface area contributed by atoms with Crippen LogP contribution in [0.25, 0.3) is 11.4 Å². The quantitative estimate of drug-likeness (QED) is 0.485. The van der Waals surface area contributed by atoms with Crippen molar-refractivity contribution in [3.63, 3.8) is 0 Å². The summed E-state index contributed by atoms with van der Waals surface area (Å²) in [6, 6.07) is 11.4. The van der Waals surface area contributed by atoms with Crippen molar-refractivity contribution < 1.29 is 17.6 Å². The van der Waals surface area contributed by atoms with E-state index in [-0.39, 0.29) is 28.4 Å². The smallest absolute Gasteiger partial charge is 0.242 e. The highest BCUT2D eigenvalue weighted by Gasteiger charge is 2.31. The number of carbonyl (C=O) groups excluding carboxylic acids is 1. The molecule has 1 amide bonds. The predicted molar refractivity (Wildman–Crippen MR) is 125 cm³/mol. The first-order valence-electron chi connectivity index (χ1n) is 10.3. The van der Waals surface area contributed by atoms with Crippen molar-refractivity contribution in [2.45, 2.75) is 35.9 Å². The molecule has 33 heavy (non-hydrogen) atoms.